The number of carbonyl (C=O) groups excluding carboxylic acids is 1. The molecular formula is C19H32N6O. The minimum atomic E-state index is -0.117. The summed E-state index contributed by atoms with van der Waals surface area (Å²) in [7, 11) is 6.21. The van der Waals surface area contributed by atoms with E-state index in [2.05, 4.69) is 34.4 Å². The molecule has 7 heteroatoms. The van der Waals surface area contributed by atoms with Crippen LogP contribution in [0, 0.1) is 0 Å². The van der Waals surface area contributed by atoms with Gasteiger partial charge in [0.25, 0.3) is 5.91 Å². The number of hydrogen-bond acceptors (Lipinski definition) is 5. The second kappa shape index (κ2) is 7.39. The van der Waals surface area contributed by atoms with Crippen LogP contribution in [0.1, 0.15) is 58.4 Å². The molecule has 1 unspecified atom stereocenters. The van der Waals surface area contributed by atoms with Gasteiger partial charge in [0.1, 0.15) is 6.33 Å². The van der Waals surface area contributed by atoms with E-state index < -0.39 is 0 Å². The molecule has 1 aromatic heterocycles. The van der Waals surface area contributed by atoms with Crippen LogP contribution in [0.4, 0.5) is 5.95 Å². The number of allylic oxidation sites excluding steroid dienone is 1. The van der Waals surface area contributed by atoms with Gasteiger partial charge in [0, 0.05) is 24.8 Å². The summed E-state index contributed by atoms with van der Waals surface area (Å²) in [5.41, 5.74) is 1.77. The molecule has 1 amide bonds. The Hall–Kier alpha value is -1.89. The molecule has 1 N–H and O–H groups in total. The van der Waals surface area contributed by atoms with Crippen molar-refractivity contribution in [2.24, 2.45) is 0 Å². The molecule has 144 valence electrons. The zero-order valence-electron chi connectivity index (χ0n) is 16.7. The second-order valence-electron chi connectivity index (χ2n) is 7.95. The maximum Gasteiger partial charge on any atom is 0.251 e. The maximum absolute atomic E-state index is 13.1. The topological polar surface area (TPSA) is 66.3 Å². The molecular weight excluding hydrogens is 328 g/mol. The Bertz CT molecular complexity index is 684. The fourth-order valence-corrected chi connectivity index (χ4v) is 4.38. The highest BCUT2D eigenvalue weighted by atomic mass is 16.1. The van der Waals surface area contributed by atoms with Crippen molar-refractivity contribution in [1.29, 1.82) is 0 Å². The van der Waals surface area contributed by atoms with Crippen molar-refractivity contribution < 1.29 is 4.79 Å². The third-order valence-corrected chi connectivity index (χ3v) is 6.34. The molecule has 3 rings (SSSR count). The summed E-state index contributed by atoms with van der Waals surface area (Å²) in [6.07, 6.45) is 8.88. The summed E-state index contributed by atoms with van der Waals surface area (Å²) in [4.78, 5) is 21.7. The molecule has 0 radical (unpaired) electrons. The average Bonchev–Trinajstić information content (AvgIpc) is 2.97. The lowest BCUT2D eigenvalue weighted by Crippen LogP contribution is -2.53. The highest BCUT2D eigenvalue weighted by molar-refractivity contribution is 5.96. The van der Waals surface area contributed by atoms with Crippen LogP contribution in [0.15, 0.2) is 17.6 Å². The van der Waals surface area contributed by atoms with Gasteiger partial charge in [-0.05, 0) is 40.8 Å². The number of likely N-dealkylation sites (N-methyl/N-ethyl adjacent to an activating group) is 1. The van der Waals surface area contributed by atoms with Gasteiger partial charge in [-0.2, -0.15) is 10.1 Å². The first-order chi connectivity index (χ1) is 12.4. The molecule has 0 saturated heterocycles. The number of fused-ring (bicyclic) bond motifs is 1. The van der Waals surface area contributed by atoms with Crippen LogP contribution < -0.4 is 10.2 Å². The fourth-order valence-electron chi connectivity index (χ4n) is 4.38. The molecule has 0 aromatic carbocycles. The van der Waals surface area contributed by atoms with Crippen molar-refractivity contribution in [3.63, 3.8) is 0 Å². The minimum Gasteiger partial charge on any atom is -0.350 e. The summed E-state index contributed by atoms with van der Waals surface area (Å²) in [5.74, 6) is 0.786. The third-order valence-electron chi connectivity index (χ3n) is 6.34. The van der Waals surface area contributed by atoms with E-state index in [0.717, 1.165) is 30.1 Å². The van der Waals surface area contributed by atoms with E-state index in [-0.39, 0.29) is 17.5 Å². The van der Waals surface area contributed by atoms with E-state index in [1.54, 1.807) is 6.33 Å². The van der Waals surface area contributed by atoms with E-state index in [4.69, 9.17) is 0 Å². The van der Waals surface area contributed by atoms with Crippen LogP contribution in [-0.4, -0.2) is 58.8 Å². The van der Waals surface area contributed by atoms with Crippen molar-refractivity contribution in [3.8, 4) is 0 Å². The predicted octanol–water partition coefficient (Wildman–Crippen LogP) is 2.33. The van der Waals surface area contributed by atoms with Gasteiger partial charge in [-0.25, -0.2) is 4.68 Å². The normalized spacial score (nSPS) is 23.0. The van der Waals surface area contributed by atoms with Gasteiger partial charge in [0.05, 0.1) is 11.6 Å². The van der Waals surface area contributed by atoms with E-state index in [0.29, 0.717) is 6.54 Å². The predicted molar refractivity (Wildman–Crippen MR) is 103 cm³/mol. The van der Waals surface area contributed by atoms with Crippen LogP contribution in [-0.2, 0) is 4.79 Å². The number of anilines is 1. The fraction of sp³-hybridized carbons (Fsp3) is 0.737. The molecule has 7 nitrogen and oxygen atoms in total. The van der Waals surface area contributed by atoms with Gasteiger partial charge in [-0.15, -0.1) is 0 Å². The molecule has 0 bridgehead atoms. The van der Waals surface area contributed by atoms with Crippen LogP contribution >= 0.6 is 0 Å². The number of carbonyl (C=O) groups is 1. The van der Waals surface area contributed by atoms with Gasteiger partial charge in [0.15, 0.2) is 0 Å². The molecule has 1 aromatic rings. The molecule has 1 saturated carbocycles. The Balaban J connectivity index is 1.77. The second-order valence-corrected chi connectivity index (χ2v) is 7.95. The average molecular weight is 361 g/mol. The summed E-state index contributed by atoms with van der Waals surface area (Å²) >= 11 is 0. The minimum absolute atomic E-state index is 0.00784. The number of amides is 1. The van der Waals surface area contributed by atoms with Crippen molar-refractivity contribution in [2.75, 3.05) is 32.6 Å². The highest BCUT2D eigenvalue weighted by Gasteiger charge is 2.36. The van der Waals surface area contributed by atoms with E-state index in [1.165, 1.54) is 25.7 Å². The van der Waals surface area contributed by atoms with Crippen LogP contribution in [0.2, 0.25) is 0 Å². The molecule has 1 aliphatic heterocycles. The smallest absolute Gasteiger partial charge is 0.251 e. The molecule has 1 fully saturated rings. The van der Waals surface area contributed by atoms with E-state index in [9.17, 15) is 4.79 Å². The number of rotatable bonds is 4. The van der Waals surface area contributed by atoms with Crippen molar-refractivity contribution in [1.82, 2.24) is 25.0 Å². The van der Waals surface area contributed by atoms with Gasteiger partial charge in [-0.3, -0.25) is 4.79 Å². The largest absolute Gasteiger partial charge is 0.350 e. The lowest BCUT2D eigenvalue weighted by molar-refractivity contribution is -0.118. The summed E-state index contributed by atoms with van der Waals surface area (Å²) in [6, 6.07) is -0.117. The quantitative estimate of drug-likeness (QED) is 0.835. The highest BCUT2D eigenvalue weighted by Crippen LogP contribution is 2.33. The maximum atomic E-state index is 13.1. The van der Waals surface area contributed by atoms with Crippen LogP contribution in [0.3, 0.4) is 0 Å². The van der Waals surface area contributed by atoms with E-state index in [1.807, 2.05) is 30.5 Å². The zero-order chi connectivity index (χ0) is 18.9. The Morgan fingerprint density at radius 1 is 1.31 bits per heavy atom. The standard InChI is InChI=1S/C19H32N6O/c1-14-16(15(2)25-18(24(14)5)21-13-22-25)17(26)20-12-19(23(3)4)10-8-6-7-9-11-19/h13,15H,6-12H2,1-5H3,(H,20,26). The first-order valence-electron chi connectivity index (χ1n) is 9.67. The van der Waals surface area contributed by atoms with Gasteiger partial charge >= 0.3 is 0 Å². The first kappa shape index (κ1) is 18.9. The number of nitrogens with one attached hydrogen (secondary N) is 1. The molecule has 26 heavy (non-hydrogen) atoms. The van der Waals surface area contributed by atoms with Crippen molar-refractivity contribution >= 4 is 11.9 Å². The number of hydrogen-bond donors (Lipinski definition) is 1. The molecule has 0 spiro atoms. The monoisotopic (exact) mass is 360 g/mol. The van der Waals surface area contributed by atoms with E-state index >= 15 is 0 Å². The molecule has 2 heterocycles. The zero-order valence-corrected chi connectivity index (χ0v) is 16.7. The molecule has 2 aliphatic rings. The molecule has 1 atom stereocenters. The van der Waals surface area contributed by atoms with Crippen molar-refractivity contribution in [2.45, 2.75) is 64.0 Å². The first-order valence-corrected chi connectivity index (χ1v) is 9.67. The van der Waals surface area contributed by atoms with Gasteiger partial charge < -0.3 is 15.1 Å². The third kappa shape index (κ3) is 3.24. The lowest BCUT2D eigenvalue weighted by Gasteiger charge is -2.40. The molecule has 1 aliphatic carbocycles. The van der Waals surface area contributed by atoms with Crippen LogP contribution in [0.5, 0.6) is 0 Å². The lowest BCUT2D eigenvalue weighted by atomic mass is 9.88. The van der Waals surface area contributed by atoms with Crippen molar-refractivity contribution in [3.05, 3.63) is 17.6 Å². The van der Waals surface area contributed by atoms with Gasteiger partial charge in [-0.1, -0.05) is 25.7 Å². The summed E-state index contributed by atoms with van der Waals surface area (Å²) in [6.45, 7) is 4.68. The Morgan fingerprint density at radius 2 is 1.96 bits per heavy atom. The summed E-state index contributed by atoms with van der Waals surface area (Å²) < 4.78 is 1.81. The Labute approximate surface area is 156 Å². The number of aromatic nitrogens is 3. The van der Waals surface area contributed by atoms with Crippen LogP contribution in [0.25, 0.3) is 0 Å². The Kier molecular flexibility index (Phi) is 5.37. The van der Waals surface area contributed by atoms with Gasteiger partial charge in [0.2, 0.25) is 5.95 Å². The Morgan fingerprint density at radius 3 is 2.58 bits per heavy atom. The number of nitrogens with zero attached hydrogens (tertiary/aromatic N) is 5. The SMILES string of the molecule is CC1=C(C(=O)NCC2(N(C)C)CCCCCC2)C(C)n2ncnc2N1C. The summed E-state index contributed by atoms with van der Waals surface area (Å²) in [5, 5.41) is 7.55.